The van der Waals surface area contributed by atoms with Crippen LogP contribution in [0.4, 0.5) is 0 Å². The van der Waals surface area contributed by atoms with Gasteiger partial charge in [-0.1, -0.05) is 49.1 Å². The predicted octanol–water partition coefficient (Wildman–Crippen LogP) is 4.84. The topological polar surface area (TPSA) is 26.0 Å². The van der Waals surface area contributed by atoms with Gasteiger partial charge in [0.15, 0.2) is 11.2 Å². The molecular formula is C23H23N2OSi+. The molecule has 1 aliphatic heterocycles. The molecule has 0 aliphatic carbocycles. The second kappa shape index (κ2) is 5.39. The Balaban J connectivity index is 1.94. The molecule has 2 heterocycles. The van der Waals surface area contributed by atoms with E-state index in [1.807, 2.05) is 6.33 Å². The fourth-order valence-corrected chi connectivity index (χ4v) is 5.26. The lowest BCUT2D eigenvalue weighted by atomic mass is 9.93. The average Bonchev–Trinajstić information content (AvgIpc) is 2.63. The van der Waals surface area contributed by atoms with E-state index in [1.165, 1.54) is 32.8 Å². The SMILES string of the molecule is Cc1c2c(cc3ccccc13)Oc1cc([Si](C)(C)C)cc3nc[n+](C)c-2c13. The van der Waals surface area contributed by atoms with E-state index < -0.39 is 8.07 Å². The van der Waals surface area contributed by atoms with Crippen molar-refractivity contribution < 1.29 is 9.30 Å². The van der Waals surface area contributed by atoms with Crippen LogP contribution in [0.2, 0.25) is 19.6 Å². The quantitative estimate of drug-likeness (QED) is 0.311. The highest BCUT2D eigenvalue weighted by Gasteiger charge is 2.31. The summed E-state index contributed by atoms with van der Waals surface area (Å²) in [4.78, 5) is 4.73. The maximum absolute atomic E-state index is 6.50. The van der Waals surface area contributed by atoms with E-state index in [9.17, 15) is 0 Å². The van der Waals surface area contributed by atoms with Gasteiger partial charge in [-0.3, -0.25) is 0 Å². The first-order valence-electron chi connectivity index (χ1n) is 9.38. The van der Waals surface area contributed by atoms with Crippen LogP contribution in [-0.2, 0) is 7.05 Å². The fourth-order valence-electron chi connectivity index (χ4n) is 4.13. The summed E-state index contributed by atoms with van der Waals surface area (Å²) in [5.74, 6) is 1.88. The Morgan fingerprint density at radius 2 is 1.78 bits per heavy atom. The van der Waals surface area contributed by atoms with Crippen molar-refractivity contribution in [2.75, 3.05) is 0 Å². The van der Waals surface area contributed by atoms with Crippen LogP contribution in [0.5, 0.6) is 11.5 Å². The lowest BCUT2D eigenvalue weighted by Crippen LogP contribution is -2.38. The maximum atomic E-state index is 6.50. The van der Waals surface area contributed by atoms with Crippen molar-refractivity contribution in [1.29, 1.82) is 0 Å². The Hall–Kier alpha value is -2.72. The molecule has 1 aliphatic rings. The van der Waals surface area contributed by atoms with Gasteiger partial charge in [0.2, 0.25) is 0 Å². The largest absolute Gasteiger partial charge is 0.456 e. The number of ether oxygens (including phenoxy) is 1. The molecule has 0 unspecified atom stereocenters. The van der Waals surface area contributed by atoms with Gasteiger partial charge < -0.3 is 4.74 Å². The number of hydrogen-bond donors (Lipinski definition) is 0. The number of nitrogens with zero attached hydrogens (tertiary/aromatic N) is 2. The second-order valence-electron chi connectivity index (χ2n) is 8.52. The molecule has 0 N–H and O–H groups in total. The lowest BCUT2D eigenvalue weighted by Gasteiger charge is -2.24. The number of hydrogen-bond acceptors (Lipinski definition) is 2. The zero-order chi connectivity index (χ0) is 18.9. The highest BCUT2D eigenvalue weighted by atomic mass is 28.3. The molecule has 5 rings (SSSR count). The van der Waals surface area contributed by atoms with Crippen molar-refractivity contribution in [1.82, 2.24) is 4.98 Å². The van der Waals surface area contributed by atoms with Crippen LogP contribution in [0.25, 0.3) is 32.9 Å². The molecule has 0 amide bonds. The number of aromatic nitrogens is 2. The number of aryl methyl sites for hydroxylation is 2. The normalized spacial score (nSPS) is 12.9. The molecule has 0 bridgehead atoms. The van der Waals surface area contributed by atoms with Crippen LogP contribution >= 0.6 is 0 Å². The fraction of sp³-hybridized carbons (Fsp3) is 0.217. The summed E-state index contributed by atoms with van der Waals surface area (Å²) in [5.41, 5.74) is 4.65. The van der Waals surface area contributed by atoms with Crippen molar-refractivity contribution in [3.05, 3.63) is 54.4 Å². The van der Waals surface area contributed by atoms with E-state index in [0.717, 1.165) is 22.4 Å². The first kappa shape index (κ1) is 16.5. The number of fused-ring (bicyclic) bond motifs is 3. The van der Waals surface area contributed by atoms with E-state index in [0.29, 0.717) is 0 Å². The van der Waals surface area contributed by atoms with Gasteiger partial charge in [0.25, 0.3) is 6.33 Å². The summed E-state index contributed by atoms with van der Waals surface area (Å²) in [6.07, 6.45) is 1.93. The van der Waals surface area contributed by atoms with Gasteiger partial charge in [0, 0.05) is 0 Å². The van der Waals surface area contributed by atoms with Crippen LogP contribution in [0.3, 0.4) is 0 Å². The molecule has 1 aromatic heterocycles. The van der Waals surface area contributed by atoms with Gasteiger partial charge in [-0.05, 0) is 46.4 Å². The molecular weight excluding hydrogens is 348 g/mol. The summed E-state index contributed by atoms with van der Waals surface area (Å²) in [5, 5.41) is 4.98. The minimum Gasteiger partial charge on any atom is -0.456 e. The molecule has 0 fully saturated rings. The first-order valence-corrected chi connectivity index (χ1v) is 12.9. The summed E-state index contributed by atoms with van der Waals surface area (Å²) < 4.78 is 8.63. The monoisotopic (exact) mass is 371 g/mol. The van der Waals surface area contributed by atoms with Crippen molar-refractivity contribution in [3.8, 4) is 22.8 Å². The highest BCUT2D eigenvalue weighted by molar-refractivity contribution is 6.88. The zero-order valence-electron chi connectivity index (χ0n) is 16.4. The smallest absolute Gasteiger partial charge is 0.287 e. The van der Waals surface area contributed by atoms with Crippen LogP contribution in [0.15, 0.2) is 48.8 Å². The summed E-state index contributed by atoms with van der Waals surface area (Å²) in [7, 11) is 0.593. The van der Waals surface area contributed by atoms with Gasteiger partial charge in [-0.2, -0.15) is 0 Å². The molecule has 0 saturated carbocycles. The Morgan fingerprint density at radius 1 is 1.00 bits per heavy atom. The van der Waals surface area contributed by atoms with Crippen molar-refractivity contribution in [2.24, 2.45) is 7.05 Å². The predicted molar refractivity (Wildman–Crippen MR) is 114 cm³/mol. The van der Waals surface area contributed by atoms with Crippen LogP contribution < -0.4 is 14.5 Å². The Bertz CT molecular complexity index is 1260. The highest BCUT2D eigenvalue weighted by Crippen LogP contribution is 2.47. The molecule has 0 saturated heterocycles. The molecule has 27 heavy (non-hydrogen) atoms. The minimum absolute atomic E-state index is 0.936. The van der Waals surface area contributed by atoms with Crippen LogP contribution in [-0.4, -0.2) is 13.1 Å². The Morgan fingerprint density at radius 3 is 2.56 bits per heavy atom. The van der Waals surface area contributed by atoms with Crippen LogP contribution in [0, 0.1) is 6.92 Å². The number of benzene rings is 3. The van der Waals surface area contributed by atoms with E-state index in [4.69, 9.17) is 9.72 Å². The van der Waals surface area contributed by atoms with Gasteiger partial charge in [-0.15, -0.1) is 0 Å². The van der Waals surface area contributed by atoms with Gasteiger partial charge in [-0.25, -0.2) is 4.57 Å². The molecule has 0 atom stereocenters. The van der Waals surface area contributed by atoms with Crippen molar-refractivity contribution in [2.45, 2.75) is 26.6 Å². The van der Waals surface area contributed by atoms with Gasteiger partial charge in [0.1, 0.15) is 16.9 Å². The van der Waals surface area contributed by atoms with Gasteiger partial charge >= 0.3 is 0 Å². The summed E-state index contributed by atoms with van der Waals surface area (Å²) in [6.45, 7) is 9.27. The van der Waals surface area contributed by atoms with Crippen molar-refractivity contribution in [3.63, 3.8) is 0 Å². The number of rotatable bonds is 1. The summed E-state index contributed by atoms with van der Waals surface area (Å²) >= 11 is 0. The molecule has 0 spiro atoms. The minimum atomic E-state index is -1.48. The molecule has 4 heteroatoms. The standard InChI is InChI=1S/C23H23N2OSi/c1-14-17-9-7-6-8-15(17)10-19-21(14)23-22-18(24-13-25(23)2)11-16(27(3,4)5)12-20(22)26-19/h6-13H,1-5H3/q+1. The van der Waals surface area contributed by atoms with E-state index in [1.54, 1.807) is 0 Å². The molecule has 134 valence electrons. The van der Waals surface area contributed by atoms with Crippen LogP contribution in [0.1, 0.15) is 5.56 Å². The third-order valence-corrected chi connectivity index (χ3v) is 7.66. The third-order valence-electron chi connectivity index (χ3n) is 5.64. The lowest BCUT2D eigenvalue weighted by molar-refractivity contribution is -0.662. The molecule has 0 radical (unpaired) electrons. The average molecular weight is 372 g/mol. The summed E-state index contributed by atoms with van der Waals surface area (Å²) in [6, 6.07) is 15.2. The Kier molecular flexibility index (Phi) is 3.29. The van der Waals surface area contributed by atoms with E-state index in [-0.39, 0.29) is 0 Å². The second-order valence-corrected chi connectivity index (χ2v) is 13.6. The molecule has 4 aromatic rings. The van der Waals surface area contributed by atoms with Crippen molar-refractivity contribution >= 4 is 34.9 Å². The zero-order valence-corrected chi connectivity index (χ0v) is 17.4. The van der Waals surface area contributed by atoms with E-state index >= 15 is 0 Å². The first-order chi connectivity index (χ1) is 12.8. The van der Waals surface area contributed by atoms with Gasteiger partial charge in [0.05, 0.1) is 20.7 Å². The van der Waals surface area contributed by atoms with E-state index in [2.05, 4.69) is 80.6 Å². The molecule has 3 aromatic carbocycles. The maximum Gasteiger partial charge on any atom is 0.287 e. The molecule has 3 nitrogen and oxygen atoms in total. The Labute approximate surface area is 160 Å². The third kappa shape index (κ3) is 2.33.